The highest BCUT2D eigenvalue weighted by Gasteiger charge is 2.17. The summed E-state index contributed by atoms with van der Waals surface area (Å²) >= 11 is 0. The maximum Gasteiger partial charge on any atom is 0.262 e. The lowest BCUT2D eigenvalue weighted by molar-refractivity contribution is 0.601. The fourth-order valence-electron chi connectivity index (χ4n) is 1.89. The van der Waals surface area contributed by atoms with Crippen LogP contribution in [-0.2, 0) is 23.5 Å². The van der Waals surface area contributed by atoms with Gasteiger partial charge in [-0.25, -0.2) is 8.42 Å². The lowest BCUT2D eigenvalue weighted by Gasteiger charge is -2.08. The van der Waals surface area contributed by atoms with Crippen molar-refractivity contribution in [2.75, 3.05) is 17.1 Å². The van der Waals surface area contributed by atoms with Gasteiger partial charge in [-0.3, -0.25) is 9.40 Å². The molecule has 0 aliphatic rings. The van der Waals surface area contributed by atoms with Gasteiger partial charge in [-0.05, 0) is 30.7 Å². The molecule has 0 amide bonds. The first-order valence-electron chi connectivity index (χ1n) is 6.29. The highest BCUT2D eigenvalue weighted by molar-refractivity contribution is 7.92. The van der Waals surface area contributed by atoms with Crippen molar-refractivity contribution in [3.05, 3.63) is 36.2 Å². The lowest BCUT2D eigenvalue weighted by Crippen LogP contribution is -2.13. The summed E-state index contributed by atoms with van der Waals surface area (Å²) in [6, 6.07) is 6.57. The molecule has 2 rings (SSSR count). The lowest BCUT2D eigenvalue weighted by atomic mass is 10.3. The van der Waals surface area contributed by atoms with Gasteiger partial charge >= 0.3 is 0 Å². The molecule has 6 nitrogen and oxygen atoms in total. The Kier molecular flexibility index (Phi) is 3.99. The van der Waals surface area contributed by atoms with Crippen LogP contribution in [0.1, 0.15) is 12.6 Å². The number of benzene rings is 1. The first-order valence-corrected chi connectivity index (χ1v) is 7.77. The van der Waals surface area contributed by atoms with Crippen LogP contribution in [0.25, 0.3) is 0 Å². The topological polar surface area (TPSA) is 76.0 Å². The molecule has 0 bridgehead atoms. The van der Waals surface area contributed by atoms with E-state index in [4.69, 9.17) is 0 Å². The molecule has 0 unspecified atom stereocenters. The molecule has 0 fully saturated rings. The predicted molar refractivity (Wildman–Crippen MR) is 79.4 cm³/mol. The van der Waals surface area contributed by atoms with Crippen LogP contribution in [-0.4, -0.2) is 25.2 Å². The summed E-state index contributed by atoms with van der Waals surface area (Å²) in [6.07, 6.45) is 2.33. The molecule has 1 heterocycles. The van der Waals surface area contributed by atoms with Gasteiger partial charge in [0.2, 0.25) is 0 Å². The van der Waals surface area contributed by atoms with E-state index in [0.717, 1.165) is 11.4 Å². The number of aromatic nitrogens is 2. The van der Waals surface area contributed by atoms with E-state index in [-0.39, 0.29) is 4.90 Å². The minimum absolute atomic E-state index is 0.224. The molecular formula is C13H18N4O2S. The fourth-order valence-corrected chi connectivity index (χ4v) is 2.96. The summed E-state index contributed by atoms with van der Waals surface area (Å²) in [5, 5.41) is 7.16. The molecular weight excluding hydrogens is 276 g/mol. The van der Waals surface area contributed by atoms with E-state index in [1.165, 1.54) is 0 Å². The zero-order chi connectivity index (χ0) is 14.8. The minimum atomic E-state index is -3.59. The van der Waals surface area contributed by atoms with Crippen LogP contribution in [0, 0.1) is 0 Å². The van der Waals surface area contributed by atoms with Crippen molar-refractivity contribution >= 4 is 21.4 Å². The number of hydrogen-bond acceptors (Lipinski definition) is 4. The SMILES string of the molecule is CCc1nn(C)cc1NS(=O)(=O)c1ccc(NC)cc1. The summed E-state index contributed by atoms with van der Waals surface area (Å²) in [5.74, 6) is 0. The molecule has 2 aromatic rings. The van der Waals surface area contributed by atoms with E-state index in [1.807, 2.05) is 6.92 Å². The van der Waals surface area contributed by atoms with Crippen molar-refractivity contribution in [1.82, 2.24) is 9.78 Å². The van der Waals surface area contributed by atoms with Crippen LogP contribution in [0.5, 0.6) is 0 Å². The Morgan fingerprint density at radius 3 is 2.45 bits per heavy atom. The van der Waals surface area contributed by atoms with Crippen LogP contribution in [0.15, 0.2) is 35.4 Å². The minimum Gasteiger partial charge on any atom is -0.388 e. The van der Waals surface area contributed by atoms with E-state index in [1.54, 1.807) is 49.2 Å². The van der Waals surface area contributed by atoms with Gasteiger partial charge in [-0.2, -0.15) is 5.10 Å². The molecule has 2 N–H and O–H groups in total. The first kappa shape index (κ1) is 14.4. The van der Waals surface area contributed by atoms with Crippen molar-refractivity contribution < 1.29 is 8.42 Å². The number of aryl methyl sites for hydroxylation is 2. The third-order valence-corrected chi connectivity index (χ3v) is 4.32. The third kappa shape index (κ3) is 2.93. The highest BCUT2D eigenvalue weighted by Crippen LogP contribution is 2.20. The summed E-state index contributed by atoms with van der Waals surface area (Å²) < 4.78 is 28.8. The second-order valence-electron chi connectivity index (χ2n) is 4.40. The molecule has 7 heteroatoms. The number of sulfonamides is 1. The molecule has 0 spiro atoms. The van der Waals surface area contributed by atoms with E-state index in [2.05, 4.69) is 15.1 Å². The van der Waals surface area contributed by atoms with Crippen LogP contribution in [0.4, 0.5) is 11.4 Å². The first-order chi connectivity index (χ1) is 9.46. The predicted octanol–water partition coefficient (Wildman–Crippen LogP) is 1.83. The second kappa shape index (κ2) is 5.54. The van der Waals surface area contributed by atoms with Crippen molar-refractivity contribution in [3.63, 3.8) is 0 Å². The Balaban J connectivity index is 2.30. The molecule has 108 valence electrons. The molecule has 0 radical (unpaired) electrons. The van der Waals surface area contributed by atoms with Gasteiger partial charge in [0.15, 0.2) is 0 Å². The second-order valence-corrected chi connectivity index (χ2v) is 6.08. The van der Waals surface area contributed by atoms with E-state index < -0.39 is 10.0 Å². The molecule has 0 atom stereocenters. The van der Waals surface area contributed by atoms with Gasteiger partial charge in [0.05, 0.1) is 16.3 Å². The van der Waals surface area contributed by atoms with Gasteiger partial charge in [0.1, 0.15) is 0 Å². The van der Waals surface area contributed by atoms with Crippen molar-refractivity contribution in [2.45, 2.75) is 18.2 Å². The summed E-state index contributed by atoms with van der Waals surface area (Å²) in [5.41, 5.74) is 2.11. The van der Waals surface area contributed by atoms with Crippen molar-refractivity contribution in [3.8, 4) is 0 Å². The van der Waals surface area contributed by atoms with Crippen molar-refractivity contribution in [1.29, 1.82) is 0 Å². The number of hydrogen-bond donors (Lipinski definition) is 2. The zero-order valence-corrected chi connectivity index (χ0v) is 12.5. The molecule has 0 aliphatic heterocycles. The van der Waals surface area contributed by atoms with Crippen LogP contribution < -0.4 is 10.0 Å². The summed E-state index contributed by atoms with van der Waals surface area (Å²) in [6.45, 7) is 1.93. The fraction of sp³-hybridized carbons (Fsp3) is 0.308. The maximum atomic E-state index is 12.3. The maximum absolute atomic E-state index is 12.3. The third-order valence-electron chi connectivity index (χ3n) is 2.94. The Hall–Kier alpha value is -2.02. The number of anilines is 2. The van der Waals surface area contributed by atoms with Gasteiger partial charge in [0.25, 0.3) is 10.0 Å². The molecule has 0 aliphatic carbocycles. The quantitative estimate of drug-likeness (QED) is 0.882. The van der Waals surface area contributed by atoms with Gasteiger partial charge in [-0.1, -0.05) is 6.92 Å². The van der Waals surface area contributed by atoms with Gasteiger partial charge < -0.3 is 5.32 Å². The largest absolute Gasteiger partial charge is 0.388 e. The van der Waals surface area contributed by atoms with E-state index in [9.17, 15) is 8.42 Å². The normalized spacial score (nSPS) is 11.3. The summed E-state index contributed by atoms with van der Waals surface area (Å²) in [7, 11) is -0.0435. The highest BCUT2D eigenvalue weighted by atomic mass is 32.2. The van der Waals surface area contributed by atoms with Crippen LogP contribution >= 0.6 is 0 Å². The van der Waals surface area contributed by atoms with Crippen LogP contribution in [0.2, 0.25) is 0 Å². The zero-order valence-electron chi connectivity index (χ0n) is 11.7. The molecule has 0 saturated carbocycles. The number of nitrogens with one attached hydrogen (secondary N) is 2. The van der Waals surface area contributed by atoms with Gasteiger partial charge in [0, 0.05) is 26.0 Å². The monoisotopic (exact) mass is 294 g/mol. The van der Waals surface area contributed by atoms with Crippen molar-refractivity contribution in [2.24, 2.45) is 7.05 Å². The van der Waals surface area contributed by atoms with Gasteiger partial charge in [-0.15, -0.1) is 0 Å². The van der Waals surface area contributed by atoms with E-state index in [0.29, 0.717) is 12.1 Å². The number of rotatable bonds is 5. The Morgan fingerprint density at radius 1 is 1.25 bits per heavy atom. The molecule has 0 saturated heterocycles. The Labute approximate surface area is 118 Å². The molecule has 20 heavy (non-hydrogen) atoms. The smallest absolute Gasteiger partial charge is 0.262 e. The Bertz CT molecular complexity index is 690. The summed E-state index contributed by atoms with van der Waals surface area (Å²) in [4.78, 5) is 0.224. The molecule has 1 aromatic carbocycles. The Morgan fingerprint density at radius 2 is 1.90 bits per heavy atom. The van der Waals surface area contributed by atoms with Crippen LogP contribution in [0.3, 0.4) is 0 Å². The average Bonchev–Trinajstić information content (AvgIpc) is 2.78. The number of nitrogens with zero attached hydrogens (tertiary/aromatic N) is 2. The standard InChI is InChI=1S/C13H18N4O2S/c1-4-12-13(9-17(3)15-12)16-20(18,19)11-7-5-10(14-2)6-8-11/h5-9,14,16H,4H2,1-3H3. The van der Waals surface area contributed by atoms with E-state index >= 15 is 0 Å². The molecule has 1 aromatic heterocycles. The average molecular weight is 294 g/mol.